The third kappa shape index (κ3) is 5.45. The van der Waals surface area contributed by atoms with Crippen molar-refractivity contribution >= 4 is 12.1 Å². The standard InChI is InChI=1S/C17H20N4O4/c1-3-8-25-13-6-4-12(5-7-13)10-18-21-15(22)9-14-11(2)19-17(24)20-16(14)23/h4-7,10H,3,8-9H2,1-2H3,(H,21,22)(H2,19,20,23,24)/b18-10-. The first kappa shape index (κ1) is 18.2. The number of carbonyl (C=O) groups is 1. The number of aromatic amines is 2. The molecule has 0 bridgehead atoms. The molecule has 0 aliphatic rings. The van der Waals surface area contributed by atoms with Crippen LogP contribution in [0.25, 0.3) is 0 Å². The number of hydrogen-bond donors (Lipinski definition) is 3. The quantitative estimate of drug-likeness (QED) is 0.510. The molecule has 132 valence electrons. The van der Waals surface area contributed by atoms with E-state index in [-0.39, 0.29) is 12.0 Å². The number of aryl methyl sites for hydroxylation is 1. The van der Waals surface area contributed by atoms with Crippen LogP contribution in [-0.4, -0.2) is 28.7 Å². The van der Waals surface area contributed by atoms with Crippen LogP contribution >= 0.6 is 0 Å². The summed E-state index contributed by atoms with van der Waals surface area (Å²) in [5.74, 6) is 0.315. The number of nitrogens with zero attached hydrogens (tertiary/aromatic N) is 1. The van der Waals surface area contributed by atoms with Crippen molar-refractivity contribution in [2.75, 3.05) is 6.61 Å². The SMILES string of the molecule is CCCOc1ccc(/C=N\NC(=O)Cc2c(C)[nH]c(=O)[nH]c2=O)cc1. The molecule has 3 N–H and O–H groups in total. The van der Waals surface area contributed by atoms with Crippen molar-refractivity contribution in [1.29, 1.82) is 0 Å². The predicted molar refractivity (Wildman–Crippen MR) is 94.1 cm³/mol. The molecule has 1 aromatic heterocycles. The van der Waals surface area contributed by atoms with Crippen molar-refractivity contribution in [1.82, 2.24) is 15.4 Å². The molecular weight excluding hydrogens is 324 g/mol. The van der Waals surface area contributed by atoms with Gasteiger partial charge in [-0.25, -0.2) is 10.2 Å². The van der Waals surface area contributed by atoms with E-state index in [0.717, 1.165) is 17.7 Å². The summed E-state index contributed by atoms with van der Waals surface area (Å²) in [4.78, 5) is 39.2. The zero-order chi connectivity index (χ0) is 18.2. The highest BCUT2D eigenvalue weighted by Gasteiger charge is 2.10. The van der Waals surface area contributed by atoms with Crippen LogP contribution in [0.3, 0.4) is 0 Å². The molecule has 1 aromatic carbocycles. The predicted octanol–water partition coefficient (Wildman–Crippen LogP) is 0.853. The molecule has 8 nitrogen and oxygen atoms in total. The summed E-state index contributed by atoms with van der Waals surface area (Å²) >= 11 is 0. The van der Waals surface area contributed by atoms with Crippen LogP contribution in [0.5, 0.6) is 5.75 Å². The van der Waals surface area contributed by atoms with E-state index >= 15 is 0 Å². The van der Waals surface area contributed by atoms with Gasteiger partial charge in [-0.1, -0.05) is 6.92 Å². The number of amides is 1. The Kier molecular flexibility index (Phi) is 6.27. The van der Waals surface area contributed by atoms with Gasteiger partial charge >= 0.3 is 5.69 Å². The lowest BCUT2D eigenvalue weighted by Crippen LogP contribution is -2.30. The molecule has 0 spiro atoms. The smallest absolute Gasteiger partial charge is 0.325 e. The summed E-state index contributed by atoms with van der Waals surface area (Å²) in [6.07, 6.45) is 2.25. The second-order valence-corrected chi connectivity index (χ2v) is 5.40. The van der Waals surface area contributed by atoms with Crippen LogP contribution in [0.2, 0.25) is 0 Å². The monoisotopic (exact) mass is 344 g/mol. The van der Waals surface area contributed by atoms with Gasteiger partial charge in [-0.15, -0.1) is 0 Å². The van der Waals surface area contributed by atoms with E-state index in [9.17, 15) is 14.4 Å². The Morgan fingerprint density at radius 3 is 2.60 bits per heavy atom. The third-order valence-corrected chi connectivity index (χ3v) is 3.35. The van der Waals surface area contributed by atoms with Crippen molar-refractivity contribution in [2.24, 2.45) is 5.10 Å². The number of hydrogen-bond acceptors (Lipinski definition) is 5. The molecule has 0 aliphatic heterocycles. The average molecular weight is 344 g/mol. The molecule has 0 fully saturated rings. The lowest BCUT2D eigenvalue weighted by molar-refractivity contribution is -0.120. The molecule has 0 saturated heterocycles. The highest BCUT2D eigenvalue weighted by molar-refractivity contribution is 5.83. The second-order valence-electron chi connectivity index (χ2n) is 5.40. The molecule has 0 unspecified atom stereocenters. The summed E-state index contributed by atoms with van der Waals surface area (Å²) in [6.45, 7) is 4.25. The van der Waals surface area contributed by atoms with E-state index in [2.05, 4.69) is 20.5 Å². The first-order valence-electron chi connectivity index (χ1n) is 7.86. The van der Waals surface area contributed by atoms with Gasteiger partial charge in [0.05, 0.1) is 19.2 Å². The molecular formula is C17H20N4O4. The van der Waals surface area contributed by atoms with E-state index in [0.29, 0.717) is 12.3 Å². The largest absolute Gasteiger partial charge is 0.494 e. The van der Waals surface area contributed by atoms with Gasteiger partial charge in [0.2, 0.25) is 5.91 Å². The molecule has 0 saturated carbocycles. The number of rotatable bonds is 7. The average Bonchev–Trinajstić information content (AvgIpc) is 2.57. The van der Waals surface area contributed by atoms with Crippen LogP contribution < -0.4 is 21.4 Å². The van der Waals surface area contributed by atoms with Crippen LogP contribution in [0, 0.1) is 6.92 Å². The number of benzene rings is 1. The Bertz CT molecular complexity index is 865. The van der Waals surface area contributed by atoms with Crippen molar-refractivity contribution in [2.45, 2.75) is 26.7 Å². The fourth-order valence-corrected chi connectivity index (χ4v) is 2.09. The van der Waals surface area contributed by atoms with Crippen LogP contribution in [0.4, 0.5) is 0 Å². The number of H-pyrrole nitrogens is 2. The normalized spacial score (nSPS) is 10.8. The summed E-state index contributed by atoms with van der Waals surface area (Å²) in [5.41, 5.74) is 2.52. The van der Waals surface area contributed by atoms with E-state index < -0.39 is 17.2 Å². The number of ether oxygens (including phenoxy) is 1. The van der Waals surface area contributed by atoms with Crippen molar-refractivity contribution in [3.8, 4) is 5.75 Å². The summed E-state index contributed by atoms with van der Waals surface area (Å²) in [6, 6.07) is 7.28. The van der Waals surface area contributed by atoms with Crippen molar-refractivity contribution in [3.05, 3.63) is 61.9 Å². The van der Waals surface area contributed by atoms with Gasteiger partial charge in [0.15, 0.2) is 0 Å². The highest BCUT2D eigenvalue weighted by atomic mass is 16.5. The topological polar surface area (TPSA) is 116 Å². The summed E-state index contributed by atoms with van der Waals surface area (Å²) < 4.78 is 5.48. The maximum Gasteiger partial charge on any atom is 0.325 e. The van der Waals surface area contributed by atoms with Gasteiger partial charge in [0.25, 0.3) is 5.56 Å². The molecule has 8 heteroatoms. The van der Waals surface area contributed by atoms with Gasteiger partial charge in [-0.3, -0.25) is 14.6 Å². The van der Waals surface area contributed by atoms with Crippen LogP contribution in [-0.2, 0) is 11.2 Å². The molecule has 0 aliphatic carbocycles. The maximum atomic E-state index is 11.9. The zero-order valence-electron chi connectivity index (χ0n) is 14.1. The Hall–Kier alpha value is -3.16. The maximum absolute atomic E-state index is 11.9. The first-order valence-corrected chi connectivity index (χ1v) is 7.86. The van der Waals surface area contributed by atoms with E-state index in [1.54, 1.807) is 6.92 Å². The Labute approximate surface area is 143 Å². The second kappa shape index (κ2) is 8.62. The Balaban J connectivity index is 1.92. The zero-order valence-corrected chi connectivity index (χ0v) is 14.1. The fraction of sp³-hybridized carbons (Fsp3) is 0.294. The van der Waals surface area contributed by atoms with Crippen molar-refractivity contribution < 1.29 is 9.53 Å². The lowest BCUT2D eigenvalue weighted by atomic mass is 10.1. The minimum absolute atomic E-state index is 0.181. The Morgan fingerprint density at radius 2 is 1.96 bits per heavy atom. The van der Waals surface area contributed by atoms with Gasteiger partial charge in [0, 0.05) is 11.3 Å². The molecule has 1 heterocycles. The minimum atomic E-state index is -0.601. The van der Waals surface area contributed by atoms with Crippen LogP contribution in [0.1, 0.15) is 30.2 Å². The minimum Gasteiger partial charge on any atom is -0.494 e. The number of carbonyl (C=O) groups excluding carboxylic acids is 1. The number of nitrogens with one attached hydrogen (secondary N) is 3. The van der Waals surface area contributed by atoms with Crippen LogP contribution in [0.15, 0.2) is 39.0 Å². The molecule has 2 rings (SSSR count). The number of hydrazone groups is 1. The summed E-state index contributed by atoms with van der Waals surface area (Å²) in [5, 5.41) is 3.86. The van der Waals surface area contributed by atoms with E-state index in [4.69, 9.17) is 4.74 Å². The van der Waals surface area contributed by atoms with Gasteiger partial charge in [0.1, 0.15) is 5.75 Å². The molecule has 0 radical (unpaired) electrons. The lowest BCUT2D eigenvalue weighted by Gasteiger charge is -2.04. The number of aromatic nitrogens is 2. The third-order valence-electron chi connectivity index (χ3n) is 3.35. The molecule has 2 aromatic rings. The fourth-order valence-electron chi connectivity index (χ4n) is 2.09. The molecule has 1 amide bonds. The van der Waals surface area contributed by atoms with E-state index in [1.807, 2.05) is 31.2 Å². The van der Waals surface area contributed by atoms with Crippen molar-refractivity contribution in [3.63, 3.8) is 0 Å². The highest BCUT2D eigenvalue weighted by Crippen LogP contribution is 2.11. The van der Waals surface area contributed by atoms with Gasteiger partial charge < -0.3 is 9.72 Å². The Morgan fingerprint density at radius 1 is 1.24 bits per heavy atom. The summed E-state index contributed by atoms with van der Waals surface area (Å²) in [7, 11) is 0. The first-order chi connectivity index (χ1) is 12.0. The van der Waals surface area contributed by atoms with Gasteiger partial charge in [-0.05, 0) is 43.2 Å². The molecule has 0 atom stereocenters. The molecule has 25 heavy (non-hydrogen) atoms. The van der Waals surface area contributed by atoms with Gasteiger partial charge in [-0.2, -0.15) is 5.10 Å². The van der Waals surface area contributed by atoms with E-state index in [1.165, 1.54) is 6.21 Å².